The predicted molar refractivity (Wildman–Crippen MR) is 71.0 cm³/mol. The van der Waals surface area contributed by atoms with Crippen LogP contribution in [0.5, 0.6) is 0 Å². The molecule has 0 saturated heterocycles. The van der Waals surface area contributed by atoms with Crippen LogP contribution < -0.4 is 0 Å². The summed E-state index contributed by atoms with van der Waals surface area (Å²) in [5.41, 5.74) is 4.13. The first-order valence-electron chi connectivity index (χ1n) is 5.64. The summed E-state index contributed by atoms with van der Waals surface area (Å²) < 4.78 is 0. The first kappa shape index (κ1) is 14.0. The van der Waals surface area contributed by atoms with E-state index in [1.807, 2.05) is 6.08 Å². The molecule has 0 heterocycles. The van der Waals surface area contributed by atoms with Crippen molar-refractivity contribution in [3.05, 3.63) is 47.6 Å². The summed E-state index contributed by atoms with van der Waals surface area (Å²) in [7, 11) is 0. The molecule has 0 heteroatoms. The zero-order chi connectivity index (χ0) is 11.7. The van der Waals surface area contributed by atoms with Crippen LogP contribution in [-0.4, -0.2) is 0 Å². The minimum atomic E-state index is 1.03. The smallest absolute Gasteiger partial charge is 0.0161 e. The molecule has 0 N–H and O–H groups in total. The van der Waals surface area contributed by atoms with Crippen LogP contribution >= 0.6 is 0 Å². The predicted octanol–water partition coefficient (Wildman–Crippen LogP) is 5.20. The Labute approximate surface area is 95.1 Å². The molecule has 0 aliphatic rings. The maximum absolute atomic E-state index is 3.73. The Morgan fingerprint density at radius 3 is 2.20 bits per heavy atom. The first-order valence-corrected chi connectivity index (χ1v) is 5.64. The zero-order valence-electron chi connectivity index (χ0n) is 10.6. The summed E-state index contributed by atoms with van der Waals surface area (Å²) in [6.07, 6.45) is 12.1. The Kier molecular flexibility index (Phi) is 7.71. The van der Waals surface area contributed by atoms with Crippen LogP contribution in [0.3, 0.4) is 0 Å². The third kappa shape index (κ3) is 9.27. The van der Waals surface area contributed by atoms with Gasteiger partial charge in [-0.15, -0.1) is 0 Å². The van der Waals surface area contributed by atoms with Crippen molar-refractivity contribution >= 4 is 0 Å². The number of rotatable bonds is 6. The number of hydrogen-bond donors (Lipinski definition) is 0. The lowest BCUT2D eigenvalue weighted by atomic mass is 10.1. The van der Waals surface area contributed by atoms with E-state index in [1.165, 1.54) is 23.1 Å². The third-order valence-electron chi connectivity index (χ3n) is 2.32. The van der Waals surface area contributed by atoms with Crippen molar-refractivity contribution in [2.24, 2.45) is 0 Å². The minimum Gasteiger partial charge on any atom is -0.0988 e. The first-order chi connectivity index (χ1) is 7.06. The van der Waals surface area contributed by atoms with Gasteiger partial charge in [0.15, 0.2) is 0 Å². The average Bonchev–Trinajstić information content (AvgIpc) is 2.17. The van der Waals surface area contributed by atoms with Crippen molar-refractivity contribution in [1.29, 1.82) is 0 Å². The van der Waals surface area contributed by atoms with Crippen molar-refractivity contribution in [2.45, 2.75) is 47.0 Å². The van der Waals surface area contributed by atoms with Crippen LogP contribution in [-0.2, 0) is 0 Å². The molecule has 84 valence electrons. The SMILES string of the molecule is C=CC(C)=CC/C=C(\C)CCC=C(C)C. The largest absolute Gasteiger partial charge is 0.0988 e. The molecule has 0 amide bonds. The molecule has 0 fully saturated rings. The van der Waals surface area contributed by atoms with Gasteiger partial charge in [0.2, 0.25) is 0 Å². The van der Waals surface area contributed by atoms with Crippen molar-refractivity contribution in [3.8, 4) is 0 Å². The fourth-order valence-electron chi connectivity index (χ4n) is 1.22. The molecule has 0 aliphatic carbocycles. The molecule has 0 radical (unpaired) electrons. The fourth-order valence-corrected chi connectivity index (χ4v) is 1.22. The van der Waals surface area contributed by atoms with Crippen molar-refractivity contribution < 1.29 is 0 Å². The molecule has 0 spiro atoms. The second kappa shape index (κ2) is 8.28. The van der Waals surface area contributed by atoms with E-state index in [0.29, 0.717) is 0 Å². The summed E-state index contributed by atoms with van der Waals surface area (Å²) in [4.78, 5) is 0. The monoisotopic (exact) mass is 204 g/mol. The molecular formula is C15H24. The second-order valence-electron chi connectivity index (χ2n) is 4.26. The Bertz CT molecular complexity index is 270. The molecule has 0 atom stereocenters. The topological polar surface area (TPSA) is 0 Å². The fraction of sp³-hybridized carbons (Fsp3) is 0.467. The summed E-state index contributed by atoms with van der Waals surface area (Å²) >= 11 is 0. The van der Waals surface area contributed by atoms with E-state index in [4.69, 9.17) is 0 Å². The van der Waals surface area contributed by atoms with Gasteiger partial charge in [-0.2, -0.15) is 0 Å². The van der Waals surface area contributed by atoms with Crippen LogP contribution in [0.4, 0.5) is 0 Å². The van der Waals surface area contributed by atoms with Gasteiger partial charge in [0, 0.05) is 0 Å². The molecule has 0 unspecified atom stereocenters. The van der Waals surface area contributed by atoms with E-state index in [0.717, 1.165) is 12.8 Å². The molecule has 0 aliphatic heterocycles. The van der Waals surface area contributed by atoms with E-state index in [9.17, 15) is 0 Å². The van der Waals surface area contributed by atoms with Gasteiger partial charge < -0.3 is 0 Å². The van der Waals surface area contributed by atoms with Gasteiger partial charge in [-0.05, 0) is 47.0 Å². The summed E-state index contributed by atoms with van der Waals surface area (Å²) in [6, 6.07) is 0. The van der Waals surface area contributed by atoms with E-state index < -0.39 is 0 Å². The Morgan fingerprint density at radius 1 is 1.00 bits per heavy atom. The highest BCUT2D eigenvalue weighted by Gasteiger charge is 1.88. The zero-order valence-corrected chi connectivity index (χ0v) is 10.6. The van der Waals surface area contributed by atoms with Gasteiger partial charge in [-0.3, -0.25) is 0 Å². The molecule has 0 bridgehead atoms. The van der Waals surface area contributed by atoms with Gasteiger partial charge in [-0.25, -0.2) is 0 Å². The lowest BCUT2D eigenvalue weighted by molar-refractivity contribution is 0.958. The van der Waals surface area contributed by atoms with E-state index in [1.54, 1.807) is 0 Å². The van der Waals surface area contributed by atoms with E-state index in [2.05, 4.69) is 52.5 Å². The number of hydrogen-bond acceptors (Lipinski definition) is 0. The third-order valence-corrected chi connectivity index (χ3v) is 2.32. The van der Waals surface area contributed by atoms with Gasteiger partial charge in [0.25, 0.3) is 0 Å². The quantitative estimate of drug-likeness (QED) is 0.412. The Hall–Kier alpha value is -1.04. The highest BCUT2D eigenvalue weighted by molar-refractivity contribution is 5.15. The lowest BCUT2D eigenvalue weighted by Crippen LogP contribution is -1.77. The molecule has 15 heavy (non-hydrogen) atoms. The summed E-state index contributed by atoms with van der Waals surface area (Å²) in [5, 5.41) is 0. The molecular weight excluding hydrogens is 180 g/mol. The average molecular weight is 204 g/mol. The summed E-state index contributed by atoms with van der Waals surface area (Å²) in [6.45, 7) is 12.3. The lowest BCUT2D eigenvalue weighted by Gasteiger charge is -1.98. The molecule has 0 nitrogen and oxygen atoms in total. The van der Waals surface area contributed by atoms with Gasteiger partial charge in [0.1, 0.15) is 0 Å². The Morgan fingerprint density at radius 2 is 1.67 bits per heavy atom. The molecule has 0 saturated carbocycles. The minimum absolute atomic E-state index is 1.03. The normalized spacial score (nSPS) is 12.5. The summed E-state index contributed by atoms with van der Waals surface area (Å²) in [5.74, 6) is 0. The highest BCUT2D eigenvalue weighted by atomic mass is 13.9. The maximum atomic E-state index is 3.73. The van der Waals surface area contributed by atoms with Crippen LogP contribution in [0.2, 0.25) is 0 Å². The van der Waals surface area contributed by atoms with Gasteiger partial charge >= 0.3 is 0 Å². The second-order valence-corrected chi connectivity index (χ2v) is 4.26. The van der Waals surface area contributed by atoms with Crippen LogP contribution in [0.25, 0.3) is 0 Å². The number of allylic oxidation sites excluding steroid dienone is 7. The van der Waals surface area contributed by atoms with Crippen molar-refractivity contribution in [3.63, 3.8) is 0 Å². The molecule has 0 rings (SSSR count). The van der Waals surface area contributed by atoms with Crippen LogP contribution in [0.1, 0.15) is 47.0 Å². The molecule has 0 aromatic heterocycles. The van der Waals surface area contributed by atoms with Gasteiger partial charge in [-0.1, -0.05) is 47.6 Å². The van der Waals surface area contributed by atoms with Crippen LogP contribution in [0, 0.1) is 0 Å². The van der Waals surface area contributed by atoms with Crippen LogP contribution in [0.15, 0.2) is 47.6 Å². The maximum Gasteiger partial charge on any atom is -0.0161 e. The molecule has 0 aromatic rings. The highest BCUT2D eigenvalue weighted by Crippen LogP contribution is 2.08. The van der Waals surface area contributed by atoms with Crippen molar-refractivity contribution in [1.82, 2.24) is 0 Å². The molecule has 0 aromatic carbocycles. The van der Waals surface area contributed by atoms with E-state index >= 15 is 0 Å². The standard InChI is InChI=1S/C15H24/c1-6-14(4)10-8-12-15(5)11-7-9-13(2)3/h6,9-10,12H,1,7-8,11H2,2-5H3/b14-10?,15-12+. The van der Waals surface area contributed by atoms with E-state index in [-0.39, 0.29) is 0 Å². The van der Waals surface area contributed by atoms with Gasteiger partial charge in [0.05, 0.1) is 0 Å². The van der Waals surface area contributed by atoms with Crippen molar-refractivity contribution in [2.75, 3.05) is 0 Å². The Balaban J connectivity index is 3.89.